The number of aromatic nitrogens is 1. The average molecular weight is 432 g/mol. The Hall–Kier alpha value is -0.950. The van der Waals surface area contributed by atoms with Crippen molar-refractivity contribution in [2.75, 3.05) is 42.6 Å². The summed E-state index contributed by atoms with van der Waals surface area (Å²) in [5.74, 6) is 2.64. The molecular formula is C22H36F3N3S. The first-order chi connectivity index (χ1) is 13.9. The monoisotopic (exact) mass is 431 g/mol. The summed E-state index contributed by atoms with van der Waals surface area (Å²) in [6.45, 7) is 12.5. The maximum atomic E-state index is 12.6. The highest BCUT2D eigenvalue weighted by Crippen LogP contribution is 2.46. The SMILES string of the molecule is CC.CCC.FC(F)(F)c1ccc(N2CCC(N3CCC4(CSC4)C3)CC2)cn1. The molecule has 4 rings (SSSR count). The van der Waals surface area contributed by atoms with Crippen LogP contribution in [0.2, 0.25) is 0 Å². The zero-order valence-corrected chi connectivity index (χ0v) is 19.1. The molecule has 0 unspecified atom stereocenters. The van der Waals surface area contributed by atoms with Crippen LogP contribution in [0.4, 0.5) is 18.9 Å². The summed E-state index contributed by atoms with van der Waals surface area (Å²) in [5.41, 5.74) is 0.579. The van der Waals surface area contributed by atoms with E-state index >= 15 is 0 Å². The maximum absolute atomic E-state index is 12.6. The van der Waals surface area contributed by atoms with E-state index in [0.29, 0.717) is 11.5 Å². The minimum absolute atomic E-state index is 0.596. The molecule has 3 fully saturated rings. The van der Waals surface area contributed by atoms with Crippen molar-refractivity contribution in [3.63, 3.8) is 0 Å². The number of pyridine rings is 1. The van der Waals surface area contributed by atoms with Crippen LogP contribution in [-0.4, -0.2) is 53.6 Å². The normalized spacial score (nSPS) is 21.7. The fourth-order valence-corrected chi connectivity index (χ4v) is 5.39. The number of rotatable bonds is 2. The first-order valence-corrected chi connectivity index (χ1v) is 12.1. The summed E-state index contributed by atoms with van der Waals surface area (Å²) >= 11 is 2.06. The summed E-state index contributed by atoms with van der Waals surface area (Å²) in [5, 5.41) is 0. The molecule has 3 saturated heterocycles. The number of hydrogen-bond donors (Lipinski definition) is 0. The lowest BCUT2D eigenvalue weighted by atomic mass is 9.91. The van der Waals surface area contributed by atoms with Crippen molar-refractivity contribution in [1.82, 2.24) is 9.88 Å². The van der Waals surface area contributed by atoms with Crippen molar-refractivity contribution < 1.29 is 13.2 Å². The molecule has 0 aromatic carbocycles. The molecule has 3 nitrogen and oxygen atoms in total. The molecule has 0 saturated carbocycles. The highest BCUT2D eigenvalue weighted by Gasteiger charge is 2.45. The molecule has 0 radical (unpaired) electrons. The van der Waals surface area contributed by atoms with Crippen LogP contribution in [0.25, 0.3) is 0 Å². The summed E-state index contributed by atoms with van der Waals surface area (Å²) < 4.78 is 37.8. The average Bonchev–Trinajstić information content (AvgIpc) is 3.16. The number of anilines is 1. The smallest absolute Gasteiger partial charge is 0.370 e. The van der Waals surface area contributed by atoms with E-state index in [1.807, 2.05) is 13.8 Å². The number of alkyl halides is 3. The van der Waals surface area contributed by atoms with Gasteiger partial charge < -0.3 is 4.90 Å². The lowest BCUT2D eigenvalue weighted by Gasteiger charge is -2.41. The van der Waals surface area contributed by atoms with E-state index in [-0.39, 0.29) is 0 Å². The van der Waals surface area contributed by atoms with Crippen molar-refractivity contribution in [2.24, 2.45) is 5.41 Å². The Balaban J connectivity index is 0.000000551. The Morgan fingerprint density at radius 1 is 1.10 bits per heavy atom. The summed E-state index contributed by atoms with van der Waals surface area (Å²) in [6, 6.07) is 3.26. The standard InChI is InChI=1S/C17H22F3N3S.C3H8.C2H6/c18-17(19,20)15-2-1-14(9-21-15)22-6-3-13(4-7-22)23-8-5-16(10-23)11-24-12-16;1-3-2;1-2/h1-2,9,13H,3-8,10-12H2;3H2,1-2H3;1-2H3. The van der Waals surface area contributed by atoms with Gasteiger partial charge in [0.15, 0.2) is 0 Å². The van der Waals surface area contributed by atoms with Gasteiger partial charge in [-0.2, -0.15) is 24.9 Å². The second-order valence-electron chi connectivity index (χ2n) is 8.04. The minimum Gasteiger partial charge on any atom is -0.370 e. The van der Waals surface area contributed by atoms with E-state index in [2.05, 4.69) is 40.4 Å². The molecular weight excluding hydrogens is 395 g/mol. The zero-order chi connectivity index (χ0) is 21.5. The molecule has 3 aliphatic heterocycles. The Kier molecular flexibility index (Phi) is 9.14. The van der Waals surface area contributed by atoms with Crippen molar-refractivity contribution in [1.29, 1.82) is 0 Å². The van der Waals surface area contributed by atoms with Crippen LogP contribution in [-0.2, 0) is 6.18 Å². The topological polar surface area (TPSA) is 19.4 Å². The highest BCUT2D eigenvalue weighted by molar-refractivity contribution is 8.00. The highest BCUT2D eigenvalue weighted by atomic mass is 32.2. The maximum Gasteiger partial charge on any atom is 0.433 e. The Morgan fingerprint density at radius 3 is 2.14 bits per heavy atom. The van der Waals surface area contributed by atoms with Gasteiger partial charge in [-0.05, 0) is 37.9 Å². The molecule has 1 spiro atoms. The Bertz CT molecular complexity index is 594. The number of halogens is 3. The molecule has 0 aliphatic carbocycles. The van der Waals surface area contributed by atoms with Gasteiger partial charge in [0, 0.05) is 42.6 Å². The van der Waals surface area contributed by atoms with Crippen LogP contribution < -0.4 is 4.90 Å². The predicted molar refractivity (Wildman–Crippen MR) is 118 cm³/mol. The van der Waals surface area contributed by atoms with Gasteiger partial charge in [0.05, 0.1) is 11.9 Å². The molecule has 1 aromatic rings. The van der Waals surface area contributed by atoms with Crippen LogP contribution in [0.1, 0.15) is 59.1 Å². The number of likely N-dealkylation sites (tertiary alicyclic amines) is 1. The van der Waals surface area contributed by atoms with Gasteiger partial charge in [-0.3, -0.25) is 4.90 Å². The van der Waals surface area contributed by atoms with E-state index < -0.39 is 11.9 Å². The molecule has 1 aromatic heterocycles. The second kappa shape index (κ2) is 10.9. The fourth-order valence-electron chi connectivity index (χ4n) is 4.14. The second-order valence-corrected chi connectivity index (χ2v) is 9.02. The van der Waals surface area contributed by atoms with Crippen LogP contribution in [0.3, 0.4) is 0 Å². The van der Waals surface area contributed by atoms with E-state index in [1.54, 1.807) is 6.07 Å². The number of nitrogens with zero attached hydrogens (tertiary/aromatic N) is 3. The van der Waals surface area contributed by atoms with Gasteiger partial charge in [-0.1, -0.05) is 34.1 Å². The minimum atomic E-state index is -4.36. The van der Waals surface area contributed by atoms with Crippen molar-refractivity contribution in [2.45, 2.75) is 65.6 Å². The van der Waals surface area contributed by atoms with E-state index in [1.165, 1.54) is 43.6 Å². The summed E-state index contributed by atoms with van der Waals surface area (Å²) in [4.78, 5) is 8.40. The molecule has 0 N–H and O–H groups in total. The van der Waals surface area contributed by atoms with Crippen molar-refractivity contribution in [3.8, 4) is 0 Å². The van der Waals surface area contributed by atoms with Gasteiger partial charge in [0.1, 0.15) is 5.69 Å². The van der Waals surface area contributed by atoms with E-state index in [9.17, 15) is 13.2 Å². The first kappa shape index (κ1) is 24.3. The molecule has 3 aliphatic rings. The van der Waals surface area contributed by atoms with Gasteiger partial charge in [-0.15, -0.1) is 0 Å². The molecule has 4 heterocycles. The summed E-state index contributed by atoms with van der Waals surface area (Å²) in [7, 11) is 0. The van der Waals surface area contributed by atoms with Crippen molar-refractivity contribution >= 4 is 17.4 Å². The first-order valence-electron chi connectivity index (χ1n) is 11.0. The van der Waals surface area contributed by atoms with Gasteiger partial charge >= 0.3 is 6.18 Å². The van der Waals surface area contributed by atoms with E-state index in [0.717, 1.165) is 37.7 Å². The van der Waals surface area contributed by atoms with Crippen molar-refractivity contribution in [3.05, 3.63) is 24.0 Å². The molecule has 0 bridgehead atoms. The third kappa shape index (κ3) is 6.27. The molecule has 0 atom stereocenters. The third-order valence-electron chi connectivity index (χ3n) is 5.67. The quantitative estimate of drug-likeness (QED) is 0.576. The summed E-state index contributed by atoms with van der Waals surface area (Å²) in [6.07, 6.45) is 1.76. The number of thioether (sulfide) groups is 1. The lowest BCUT2D eigenvalue weighted by molar-refractivity contribution is -0.141. The van der Waals surface area contributed by atoms with Gasteiger partial charge in [0.2, 0.25) is 0 Å². The third-order valence-corrected chi connectivity index (χ3v) is 7.30. The van der Waals surface area contributed by atoms with Crippen LogP contribution in [0, 0.1) is 5.41 Å². The van der Waals surface area contributed by atoms with Crippen LogP contribution in [0.15, 0.2) is 18.3 Å². The number of piperidine rings is 1. The Morgan fingerprint density at radius 2 is 1.72 bits per heavy atom. The zero-order valence-electron chi connectivity index (χ0n) is 18.3. The molecule has 0 amide bonds. The predicted octanol–water partition coefficient (Wildman–Crippen LogP) is 5.95. The van der Waals surface area contributed by atoms with Crippen LogP contribution in [0.5, 0.6) is 0 Å². The Labute approximate surface area is 178 Å². The largest absolute Gasteiger partial charge is 0.433 e. The fraction of sp³-hybridized carbons (Fsp3) is 0.773. The number of hydrogen-bond acceptors (Lipinski definition) is 4. The molecule has 29 heavy (non-hydrogen) atoms. The lowest BCUT2D eigenvalue weighted by Crippen LogP contribution is -2.46. The van der Waals surface area contributed by atoms with Gasteiger partial charge in [0.25, 0.3) is 0 Å². The molecule has 7 heteroatoms. The molecule has 166 valence electrons. The van der Waals surface area contributed by atoms with E-state index in [4.69, 9.17) is 0 Å². The van der Waals surface area contributed by atoms with Crippen LogP contribution >= 0.6 is 11.8 Å². The van der Waals surface area contributed by atoms with Gasteiger partial charge in [-0.25, -0.2) is 4.98 Å².